The van der Waals surface area contributed by atoms with Crippen LogP contribution in [0.1, 0.15) is 40.2 Å². The van der Waals surface area contributed by atoms with Gasteiger partial charge < -0.3 is 19.9 Å². The molecule has 44 heavy (non-hydrogen) atoms. The van der Waals surface area contributed by atoms with Crippen LogP contribution in [0.25, 0.3) is 11.3 Å². The van der Waals surface area contributed by atoms with E-state index in [1.807, 2.05) is 30.3 Å². The molecule has 3 N–H and O–H groups in total. The third-order valence-electron chi connectivity index (χ3n) is 6.73. The molecule has 0 spiro atoms. The summed E-state index contributed by atoms with van der Waals surface area (Å²) in [7, 11) is 1.71. The van der Waals surface area contributed by atoms with E-state index < -0.39 is 42.2 Å². The summed E-state index contributed by atoms with van der Waals surface area (Å²) < 4.78 is 48.1. The SMILES string of the molecule is Cc1c(NC(=O)OC(C)c2ccccc2)c(-c2ccc(C(=O)NC(Cc3ccc(OC(F)(F)F)cc3)C(=O)O)cc2)nn1C. The Bertz CT molecular complexity index is 1620. The molecule has 0 bridgehead atoms. The Hall–Kier alpha value is -5.33. The first kappa shape index (κ1) is 31.6. The first-order chi connectivity index (χ1) is 20.8. The van der Waals surface area contributed by atoms with Crippen molar-refractivity contribution in [3.63, 3.8) is 0 Å². The number of carboxylic acids is 1. The number of ether oxygens (including phenoxy) is 2. The molecule has 0 aliphatic heterocycles. The van der Waals surface area contributed by atoms with Crippen molar-refractivity contribution in [2.24, 2.45) is 7.05 Å². The van der Waals surface area contributed by atoms with Gasteiger partial charge in [-0.3, -0.25) is 14.8 Å². The largest absolute Gasteiger partial charge is 0.573 e. The second-order valence-corrected chi connectivity index (χ2v) is 9.85. The third-order valence-corrected chi connectivity index (χ3v) is 6.73. The summed E-state index contributed by atoms with van der Waals surface area (Å²) in [6.45, 7) is 3.53. The summed E-state index contributed by atoms with van der Waals surface area (Å²) >= 11 is 0. The van der Waals surface area contributed by atoms with Gasteiger partial charge >= 0.3 is 18.4 Å². The quantitative estimate of drug-likeness (QED) is 0.200. The Morgan fingerprint density at radius 2 is 1.61 bits per heavy atom. The lowest BCUT2D eigenvalue weighted by molar-refractivity contribution is -0.274. The number of carbonyl (C=O) groups is 3. The second-order valence-electron chi connectivity index (χ2n) is 9.85. The van der Waals surface area contributed by atoms with E-state index in [2.05, 4.69) is 20.5 Å². The van der Waals surface area contributed by atoms with Gasteiger partial charge in [0.25, 0.3) is 5.91 Å². The smallest absolute Gasteiger partial charge is 0.480 e. The highest BCUT2D eigenvalue weighted by molar-refractivity contribution is 5.97. The predicted molar refractivity (Wildman–Crippen MR) is 154 cm³/mol. The minimum absolute atomic E-state index is 0.159. The standard InChI is InChI=1S/C31H29F3N4O6/c1-18-26(36-30(42)43-19(2)21-7-5-4-6-8-21)27(37-38(18)3)22-11-13-23(14-12-22)28(39)35-25(29(40)41)17-20-9-15-24(16-10-20)44-31(32,33)34/h4-16,19,25H,17H2,1-3H3,(H,35,39)(H,36,42)(H,40,41). The number of rotatable bonds is 10. The van der Waals surface area contributed by atoms with Crippen LogP contribution in [0.4, 0.5) is 23.7 Å². The number of aliphatic carboxylic acids is 1. The Kier molecular flexibility index (Phi) is 9.57. The molecule has 230 valence electrons. The van der Waals surface area contributed by atoms with Crippen molar-refractivity contribution in [1.29, 1.82) is 0 Å². The number of amides is 2. The molecule has 4 aromatic rings. The summed E-state index contributed by atoms with van der Waals surface area (Å²) in [4.78, 5) is 37.4. The number of nitrogens with one attached hydrogen (secondary N) is 2. The molecule has 1 aromatic heterocycles. The van der Waals surface area contributed by atoms with Crippen molar-refractivity contribution in [3.05, 3.63) is 101 Å². The Balaban J connectivity index is 1.43. The van der Waals surface area contributed by atoms with Gasteiger partial charge in [-0.05, 0) is 49.2 Å². The summed E-state index contributed by atoms with van der Waals surface area (Å²) in [6.07, 6.45) is -6.19. The van der Waals surface area contributed by atoms with E-state index in [9.17, 15) is 32.7 Å². The number of anilines is 1. The number of alkyl halides is 3. The van der Waals surface area contributed by atoms with Crippen LogP contribution >= 0.6 is 0 Å². The van der Waals surface area contributed by atoms with Crippen molar-refractivity contribution >= 4 is 23.7 Å². The third kappa shape index (κ3) is 8.15. The topological polar surface area (TPSA) is 132 Å². The van der Waals surface area contributed by atoms with Crippen molar-refractivity contribution in [3.8, 4) is 17.0 Å². The van der Waals surface area contributed by atoms with E-state index >= 15 is 0 Å². The number of aryl methyl sites for hydroxylation is 1. The highest BCUT2D eigenvalue weighted by atomic mass is 19.4. The molecule has 0 aliphatic carbocycles. The average Bonchev–Trinajstić information content (AvgIpc) is 3.25. The zero-order valence-electron chi connectivity index (χ0n) is 23.9. The Labute approximate surface area is 250 Å². The summed E-state index contributed by atoms with van der Waals surface area (Å²) in [5, 5.41) is 19.3. The lowest BCUT2D eigenvalue weighted by Gasteiger charge is -2.16. The van der Waals surface area contributed by atoms with Gasteiger partial charge in [0, 0.05) is 24.6 Å². The maximum absolute atomic E-state index is 12.9. The maximum Gasteiger partial charge on any atom is 0.573 e. The van der Waals surface area contributed by atoms with Gasteiger partial charge in [-0.1, -0.05) is 54.6 Å². The molecule has 0 radical (unpaired) electrons. The molecule has 2 unspecified atom stereocenters. The van der Waals surface area contributed by atoms with Crippen LogP contribution in [-0.4, -0.2) is 45.3 Å². The Morgan fingerprint density at radius 3 is 2.20 bits per heavy atom. The normalized spacial score (nSPS) is 12.6. The summed E-state index contributed by atoms with van der Waals surface area (Å²) in [5.41, 5.74) is 3.46. The van der Waals surface area contributed by atoms with Crippen LogP contribution in [0.2, 0.25) is 0 Å². The van der Waals surface area contributed by atoms with Crippen molar-refractivity contribution < 1.29 is 42.1 Å². The number of carbonyl (C=O) groups excluding carboxylic acids is 2. The van der Waals surface area contributed by atoms with Crippen LogP contribution < -0.4 is 15.4 Å². The highest BCUT2D eigenvalue weighted by Crippen LogP contribution is 2.31. The molecule has 2 atom stereocenters. The molecule has 10 nitrogen and oxygen atoms in total. The number of nitrogens with zero attached hydrogens (tertiary/aromatic N) is 2. The second kappa shape index (κ2) is 13.3. The zero-order chi connectivity index (χ0) is 32.0. The fourth-order valence-corrected chi connectivity index (χ4v) is 4.33. The van der Waals surface area contributed by atoms with E-state index in [0.29, 0.717) is 28.2 Å². The lowest BCUT2D eigenvalue weighted by atomic mass is 10.0. The van der Waals surface area contributed by atoms with E-state index in [1.165, 1.54) is 24.3 Å². The fourth-order valence-electron chi connectivity index (χ4n) is 4.33. The monoisotopic (exact) mass is 610 g/mol. The summed E-state index contributed by atoms with van der Waals surface area (Å²) in [5.74, 6) is -2.44. The minimum Gasteiger partial charge on any atom is -0.480 e. The van der Waals surface area contributed by atoms with Crippen LogP contribution in [0, 0.1) is 6.92 Å². The molecule has 0 saturated heterocycles. The average molecular weight is 611 g/mol. The van der Waals surface area contributed by atoms with E-state index in [-0.39, 0.29) is 12.0 Å². The lowest BCUT2D eigenvalue weighted by Crippen LogP contribution is -2.42. The number of hydrogen-bond donors (Lipinski definition) is 3. The molecule has 0 fully saturated rings. The van der Waals surface area contributed by atoms with Gasteiger partial charge in [-0.15, -0.1) is 13.2 Å². The van der Waals surface area contributed by atoms with Crippen molar-refractivity contribution in [2.45, 2.75) is 38.8 Å². The minimum atomic E-state index is -4.85. The molecular formula is C31H29F3N4O6. The van der Waals surface area contributed by atoms with Gasteiger partial charge in [0.1, 0.15) is 23.6 Å². The molecule has 2 amide bonds. The van der Waals surface area contributed by atoms with Gasteiger partial charge in [-0.25, -0.2) is 9.59 Å². The highest BCUT2D eigenvalue weighted by Gasteiger charge is 2.31. The van der Waals surface area contributed by atoms with E-state index in [4.69, 9.17) is 4.74 Å². The fraction of sp³-hybridized carbons (Fsp3) is 0.226. The van der Waals surface area contributed by atoms with Crippen LogP contribution in [0.5, 0.6) is 5.75 Å². The molecule has 1 heterocycles. The number of benzene rings is 3. The number of aromatic nitrogens is 2. The first-order valence-electron chi connectivity index (χ1n) is 13.4. The van der Waals surface area contributed by atoms with E-state index in [0.717, 1.165) is 17.7 Å². The summed E-state index contributed by atoms with van der Waals surface area (Å²) in [6, 6.07) is 18.8. The molecule has 4 rings (SSSR count). The van der Waals surface area contributed by atoms with E-state index in [1.54, 1.807) is 37.7 Å². The number of carboxylic acid groups (broad SMARTS) is 1. The van der Waals surface area contributed by atoms with Crippen LogP contribution in [0.15, 0.2) is 78.9 Å². The number of hydrogen-bond acceptors (Lipinski definition) is 6. The first-order valence-corrected chi connectivity index (χ1v) is 13.4. The van der Waals surface area contributed by atoms with Crippen LogP contribution in [-0.2, 0) is 23.0 Å². The molecular weight excluding hydrogens is 581 g/mol. The molecule has 13 heteroatoms. The van der Waals surface area contributed by atoms with Gasteiger partial charge in [0.05, 0.1) is 11.4 Å². The zero-order valence-corrected chi connectivity index (χ0v) is 23.9. The predicted octanol–water partition coefficient (Wildman–Crippen LogP) is 6.03. The Morgan fingerprint density at radius 1 is 0.977 bits per heavy atom. The van der Waals surface area contributed by atoms with Gasteiger partial charge in [0.15, 0.2) is 0 Å². The van der Waals surface area contributed by atoms with Crippen LogP contribution in [0.3, 0.4) is 0 Å². The number of halogens is 3. The maximum atomic E-state index is 12.9. The molecule has 0 aliphatic rings. The van der Waals surface area contributed by atoms with Gasteiger partial charge in [-0.2, -0.15) is 5.10 Å². The molecule has 0 saturated carbocycles. The van der Waals surface area contributed by atoms with Crippen molar-refractivity contribution in [1.82, 2.24) is 15.1 Å². The van der Waals surface area contributed by atoms with Crippen molar-refractivity contribution in [2.75, 3.05) is 5.32 Å². The molecule has 3 aromatic carbocycles. The van der Waals surface area contributed by atoms with Gasteiger partial charge in [0.2, 0.25) is 0 Å².